The highest BCUT2D eigenvalue weighted by molar-refractivity contribution is 6.06. The predicted molar refractivity (Wildman–Crippen MR) is 72.8 cm³/mol. The molecule has 2 aliphatic heterocycles. The maximum Gasteiger partial charge on any atom is 0.329 e. The molecule has 0 unspecified atom stereocenters. The molecule has 0 atom stereocenters. The molecule has 0 spiro atoms. The Balaban J connectivity index is 1.75. The maximum absolute atomic E-state index is 12.0. The van der Waals surface area contributed by atoms with Crippen LogP contribution in [0, 0.1) is 0 Å². The van der Waals surface area contributed by atoms with E-state index in [1.807, 2.05) is 11.8 Å². The topological polar surface area (TPSA) is 99.2 Å². The number of hydrogen-bond acceptors (Lipinski definition) is 5. The number of carboxylic acids is 1. The molecule has 0 aromatic carbocycles. The monoisotopic (exact) mass is 299 g/mol. The second-order valence-electron chi connectivity index (χ2n) is 6.35. The molecule has 8 heteroatoms. The van der Waals surface area contributed by atoms with E-state index in [0.29, 0.717) is 26.2 Å². The molecule has 0 radical (unpaired) electrons. The van der Waals surface area contributed by atoms with Crippen molar-refractivity contribution in [2.75, 3.05) is 32.8 Å². The number of ether oxygens (including phenoxy) is 1. The van der Waals surface area contributed by atoms with Crippen molar-refractivity contribution >= 4 is 17.9 Å². The van der Waals surface area contributed by atoms with Gasteiger partial charge < -0.3 is 15.2 Å². The normalized spacial score (nSPS) is 23.9. The summed E-state index contributed by atoms with van der Waals surface area (Å²) in [6, 6.07) is -0.365. The maximum atomic E-state index is 12.0. The molecular weight excluding hydrogens is 278 g/mol. The highest BCUT2D eigenvalue weighted by atomic mass is 16.5. The lowest BCUT2D eigenvalue weighted by molar-refractivity contribution is -0.165. The Labute approximate surface area is 123 Å². The molecule has 2 rings (SSSR count). The summed E-state index contributed by atoms with van der Waals surface area (Å²) < 4.78 is 5.30. The van der Waals surface area contributed by atoms with E-state index in [9.17, 15) is 14.4 Å². The van der Waals surface area contributed by atoms with Crippen molar-refractivity contribution in [2.24, 2.45) is 0 Å². The summed E-state index contributed by atoms with van der Waals surface area (Å²) >= 11 is 0. The summed E-state index contributed by atoms with van der Waals surface area (Å²) in [4.78, 5) is 37.4. The highest BCUT2D eigenvalue weighted by Gasteiger charge is 2.45. The molecule has 0 aromatic heterocycles. The van der Waals surface area contributed by atoms with Crippen LogP contribution in [0.4, 0.5) is 4.79 Å². The van der Waals surface area contributed by atoms with Crippen LogP contribution in [0.3, 0.4) is 0 Å². The Morgan fingerprint density at radius 3 is 2.38 bits per heavy atom. The van der Waals surface area contributed by atoms with Crippen molar-refractivity contribution in [3.8, 4) is 0 Å². The Kier molecular flexibility index (Phi) is 3.94. The first-order valence-electron chi connectivity index (χ1n) is 6.85. The van der Waals surface area contributed by atoms with Crippen LogP contribution in [-0.2, 0) is 14.3 Å². The fourth-order valence-corrected chi connectivity index (χ4v) is 2.65. The van der Waals surface area contributed by atoms with Crippen LogP contribution in [0.1, 0.15) is 20.8 Å². The van der Waals surface area contributed by atoms with E-state index in [0.717, 1.165) is 0 Å². The highest BCUT2D eigenvalue weighted by Crippen LogP contribution is 2.24. The van der Waals surface area contributed by atoms with Gasteiger partial charge in [-0.15, -0.1) is 0 Å². The van der Waals surface area contributed by atoms with Crippen LogP contribution < -0.4 is 5.32 Å². The van der Waals surface area contributed by atoms with Crippen molar-refractivity contribution in [1.29, 1.82) is 0 Å². The third-order valence-corrected chi connectivity index (χ3v) is 3.74. The molecule has 0 aromatic rings. The van der Waals surface area contributed by atoms with Gasteiger partial charge in [-0.3, -0.25) is 14.6 Å². The molecule has 0 aliphatic carbocycles. The second kappa shape index (κ2) is 5.27. The predicted octanol–water partition coefficient (Wildman–Crippen LogP) is -0.508. The van der Waals surface area contributed by atoms with Crippen LogP contribution in [-0.4, -0.2) is 76.7 Å². The zero-order valence-corrected chi connectivity index (χ0v) is 12.5. The Hall–Kier alpha value is -1.67. The number of nitrogens with one attached hydrogen (secondary N) is 1. The lowest BCUT2D eigenvalue weighted by atomic mass is 9.96. The zero-order chi connectivity index (χ0) is 15.8. The minimum Gasteiger partial charge on any atom is -0.480 e. The summed E-state index contributed by atoms with van der Waals surface area (Å²) in [6.07, 6.45) is 0. The van der Waals surface area contributed by atoms with Gasteiger partial charge in [0.15, 0.2) is 0 Å². The molecule has 2 aliphatic rings. The van der Waals surface area contributed by atoms with Crippen LogP contribution in [0.15, 0.2) is 0 Å². The van der Waals surface area contributed by atoms with Gasteiger partial charge in [0.25, 0.3) is 5.91 Å². The quantitative estimate of drug-likeness (QED) is 0.641. The number of carboxylic acid groups (broad SMARTS) is 1. The fourth-order valence-electron chi connectivity index (χ4n) is 2.65. The lowest BCUT2D eigenvalue weighted by Gasteiger charge is -2.47. The minimum absolute atomic E-state index is 0.224. The Morgan fingerprint density at radius 1 is 1.29 bits per heavy atom. The molecule has 0 bridgehead atoms. The first kappa shape index (κ1) is 15.7. The van der Waals surface area contributed by atoms with Crippen molar-refractivity contribution in [3.63, 3.8) is 0 Å². The molecule has 2 heterocycles. The number of aliphatic carboxylic acids is 1. The fraction of sp³-hybridized carbons (Fsp3) is 0.769. The molecule has 118 valence electrons. The number of hydrogen-bond donors (Lipinski definition) is 2. The summed E-state index contributed by atoms with van der Waals surface area (Å²) in [7, 11) is 0. The van der Waals surface area contributed by atoms with Gasteiger partial charge in [0.2, 0.25) is 0 Å². The molecule has 8 nitrogen and oxygen atoms in total. The van der Waals surface area contributed by atoms with E-state index in [2.05, 4.69) is 5.32 Å². The lowest BCUT2D eigenvalue weighted by Crippen LogP contribution is -2.62. The molecule has 21 heavy (non-hydrogen) atoms. The first-order chi connectivity index (χ1) is 9.63. The molecular formula is C13H21N3O5. The van der Waals surface area contributed by atoms with Crippen molar-refractivity contribution in [2.45, 2.75) is 31.9 Å². The van der Waals surface area contributed by atoms with Crippen molar-refractivity contribution in [3.05, 3.63) is 0 Å². The zero-order valence-electron chi connectivity index (χ0n) is 12.5. The van der Waals surface area contributed by atoms with E-state index < -0.39 is 17.1 Å². The Bertz CT molecular complexity index is 470. The second-order valence-corrected chi connectivity index (χ2v) is 6.35. The van der Waals surface area contributed by atoms with Gasteiger partial charge in [0, 0.05) is 26.2 Å². The van der Waals surface area contributed by atoms with E-state index in [4.69, 9.17) is 9.84 Å². The van der Waals surface area contributed by atoms with Crippen LogP contribution in [0.2, 0.25) is 0 Å². The van der Waals surface area contributed by atoms with Gasteiger partial charge in [0.05, 0.1) is 5.60 Å². The standard InChI is InChI=1S/C13H21N3O5/c1-12(2)10(19)16(11(20)14-12)5-4-15-7-13(3,8-15)21-6-9(17)18/h4-8H2,1-3H3,(H,14,20)(H,17,18). The van der Waals surface area contributed by atoms with Crippen molar-refractivity contribution in [1.82, 2.24) is 15.1 Å². The van der Waals surface area contributed by atoms with Gasteiger partial charge in [-0.25, -0.2) is 9.59 Å². The number of amides is 3. The number of imide groups is 1. The summed E-state index contributed by atoms with van der Waals surface area (Å²) in [5, 5.41) is 11.2. The summed E-state index contributed by atoms with van der Waals surface area (Å²) in [5.41, 5.74) is -1.31. The third-order valence-electron chi connectivity index (χ3n) is 3.74. The first-order valence-corrected chi connectivity index (χ1v) is 6.85. The van der Waals surface area contributed by atoms with E-state index in [1.54, 1.807) is 13.8 Å². The van der Waals surface area contributed by atoms with Gasteiger partial charge in [-0.05, 0) is 20.8 Å². The van der Waals surface area contributed by atoms with Crippen LogP contribution in [0.5, 0.6) is 0 Å². The van der Waals surface area contributed by atoms with Gasteiger partial charge in [0.1, 0.15) is 12.1 Å². The Morgan fingerprint density at radius 2 is 1.90 bits per heavy atom. The van der Waals surface area contributed by atoms with E-state index >= 15 is 0 Å². The van der Waals surface area contributed by atoms with Gasteiger partial charge in [-0.1, -0.05) is 0 Å². The molecule has 3 amide bonds. The molecule has 2 N–H and O–H groups in total. The van der Waals surface area contributed by atoms with Gasteiger partial charge >= 0.3 is 12.0 Å². The number of nitrogens with zero attached hydrogens (tertiary/aromatic N) is 2. The van der Waals surface area contributed by atoms with Gasteiger partial charge in [-0.2, -0.15) is 0 Å². The summed E-state index contributed by atoms with van der Waals surface area (Å²) in [6.45, 7) is 6.95. The van der Waals surface area contributed by atoms with Crippen LogP contribution >= 0.6 is 0 Å². The van der Waals surface area contributed by atoms with Crippen molar-refractivity contribution < 1.29 is 24.2 Å². The number of urea groups is 1. The largest absolute Gasteiger partial charge is 0.480 e. The summed E-state index contributed by atoms with van der Waals surface area (Å²) in [5.74, 6) is -1.21. The minimum atomic E-state index is -0.990. The smallest absolute Gasteiger partial charge is 0.329 e. The average Bonchev–Trinajstić information content (AvgIpc) is 2.51. The molecule has 2 saturated heterocycles. The number of carbonyl (C=O) groups excluding carboxylic acids is 2. The van der Waals surface area contributed by atoms with E-state index in [-0.39, 0.29) is 18.5 Å². The molecule has 2 fully saturated rings. The third kappa shape index (κ3) is 3.33. The van der Waals surface area contributed by atoms with Crippen LogP contribution in [0.25, 0.3) is 0 Å². The SMILES string of the molecule is CC1(OCC(=O)O)CN(CCN2C(=O)NC(C)(C)C2=O)C1. The molecule has 0 saturated carbocycles. The number of rotatable bonds is 6. The number of carbonyl (C=O) groups is 3. The van der Waals surface area contributed by atoms with E-state index in [1.165, 1.54) is 4.90 Å². The number of likely N-dealkylation sites (tertiary alicyclic amines) is 1. The average molecular weight is 299 g/mol.